The summed E-state index contributed by atoms with van der Waals surface area (Å²) < 4.78 is 0. The van der Waals surface area contributed by atoms with Crippen LogP contribution in [0.3, 0.4) is 0 Å². The zero-order chi connectivity index (χ0) is 13.1. The van der Waals surface area contributed by atoms with E-state index in [-0.39, 0.29) is 17.6 Å². The third kappa shape index (κ3) is 2.99. The fourth-order valence-corrected chi connectivity index (χ4v) is 2.27. The smallest absolute Gasteiger partial charge is 0.256 e. The Bertz CT molecular complexity index is 522. The maximum atomic E-state index is 12.0. The average Bonchev–Trinajstić information content (AvgIpc) is 2.27. The maximum absolute atomic E-state index is 12.0. The molecule has 1 aromatic carbocycles. The first-order chi connectivity index (χ1) is 8.56. The van der Waals surface area contributed by atoms with E-state index in [1.165, 1.54) is 6.08 Å². The number of hydrogen-bond donors (Lipinski definition) is 1. The van der Waals surface area contributed by atoms with E-state index in [0.717, 1.165) is 0 Å². The van der Waals surface area contributed by atoms with Gasteiger partial charge in [-0.05, 0) is 24.5 Å². The monoisotopic (exact) mass is 263 g/mol. The SMILES string of the molecule is CC1CC(=O)C=C(NC(=O)c2ccccc2Cl)C1. The van der Waals surface area contributed by atoms with Crippen LogP contribution in [0.4, 0.5) is 0 Å². The second-order valence-corrected chi connectivity index (χ2v) is 4.99. The number of carbonyl (C=O) groups is 2. The lowest BCUT2D eigenvalue weighted by atomic mass is 9.93. The number of allylic oxidation sites excluding steroid dienone is 2. The molecule has 1 aromatic rings. The van der Waals surface area contributed by atoms with E-state index in [2.05, 4.69) is 5.32 Å². The van der Waals surface area contributed by atoms with Gasteiger partial charge in [0, 0.05) is 18.2 Å². The largest absolute Gasteiger partial charge is 0.326 e. The van der Waals surface area contributed by atoms with Crippen molar-refractivity contribution in [2.45, 2.75) is 19.8 Å². The highest BCUT2D eigenvalue weighted by Gasteiger charge is 2.19. The van der Waals surface area contributed by atoms with E-state index in [1.54, 1.807) is 24.3 Å². The van der Waals surface area contributed by atoms with Crippen LogP contribution in [0.25, 0.3) is 0 Å². The molecule has 0 aliphatic heterocycles. The fourth-order valence-electron chi connectivity index (χ4n) is 2.05. The van der Waals surface area contributed by atoms with Crippen molar-refractivity contribution in [3.63, 3.8) is 0 Å². The fraction of sp³-hybridized carbons (Fsp3) is 0.286. The molecule has 0 aromatic heterocycles. The molecule has 1 unspecified atom stereocenters. The summed E-state index contributed by atoms with van der Waals surface area (Å²) in [5, 5.41) is 3.16. The number of rotatable bonds is 2. The minimum atomic E-state index is -0.270. The number of halogens is 1. The van der Waals surface area contributed by atoms with Crippen LogP contribution in [0, 0.1) is 5.92 Å². The first kappa shape index (κ1) is 12.8. The second-order valence-electron chi connectivity index (χ2n) is 4.58. The standard InChI is InChI=1S/C14H14ClNO2/c1-9-6-10(8-11(17)7-9)16-14(18)12-4-2-3-5-13(12)15/h2-5,8-9H,6-7H2,1H3,(H,16,18). The highest BCUT2D eigenvalue weighted by atomic mass is 35.5. The molecule has 0 bridgehead atoms. The number of hydrogen-bond acceptors (Lipinski definition) is 2. The summed E-state index contributed by atoms with van der Waals surface area (Å²) in [5.74, 6) is 0.0565. The third-order valence-electron chi connectivity index (χ3n) is 2.85. The zero-order valence-corrected chi connectivity index (χ0v) is 10.8. The van der Waals surface area contributed by atoms with Gasteiger partial charge in [0.05, 0.1) is 10.6 Å². The topological polar surface area (TPSA) is 46.2 Å². The Hall–Kier alpha value is -1.61. The van der Waals surface area contributed by atoms with Crippen molar-refractivity contribution in [3.05, 3.63) is 46.6 Å². The summed E-state index contributed by atoms with van der Waals surface area (Å²) in [6.45, 7) is 1.99. The molecular formula is C14H14ClNO2. The predicted molar refractivity (Wildman–Crippen MR) is 70.4 cm³/mol. The van der Waals surface area contributed by atoms with Gasteiger partial charge in [0.15, 0.2) is 5.78 Å². The summed E-state index contributed by atoms with van der Waals surface area (Å²) in [6, 6.07) is 6.85. The molecule has 1 N–H and O–H groups in total. The van der Waals surface area contributed by atoms with Gasteiger partial charge in [-0.15, -0.1) is 0 Å². The molecule has 0 spiro atoms. The van der Waals surface area contributed by atoms with Gasteiger partial charge in [-0.25, -0.2) is 0 Å². The second kappa shape index (κ2) is 5.36. The summed E-state index contributed by atoms with van der Waals surface area (Å²) >= 11 is 5.95. The number of ketones is 1. The molecule has 0 saturated heterocycles. The van der Waals surface area contributed by atoms with E-state index in [4.69, 9.17) is 11.6 Å². The van der Waals surface area contributed by atoms with Crippen LogP contribution in [0.2, 0.25) is 5.02 Å². The van der Waals surface area contributed by atoms with Crippen LogP contribution in [-0.2, 0) is 4.79 Å². The lowest BCUT2D eigenvalue weighted by molar-refractivity contribution is -0.115. The third-order valence-corrected chi connectivity index (χ3v) is 3.18. The molecule has 18 heavy (non-hydrogen) atoms. The molecule has 94 valence electrons. The summed E-state index contributed by atoms with van der Waals surface area (Å²) in [7, 11) is 0. The molecule has 3 nitrogen and oxygen atoms in total. The Morgan fingerprint density at radius 3 is 2.72 bits per heavy atom. The van der Waals surface area contributed by atoms with Crippen LogP contribution in [-0.4, -0.2) is 11.7 Å². The molecule has 2 rings (SSSR count). The number of carbonyl (C=O) groups excluding carboxylic acids is 2. The van der Waals surface area contributed by atoms with Crippen molar-refractivity contribution in [2.75, 3.05) is 0 Å². The van der Waals surface area contributed by atoms with Crippen LogP contribution >= 0.6 is 11.6 Å². The average molecular weight is 264 g/mol. The molecule has 1 aliphatic carbocycles. The molecule has 1 atom stereocenters. The molecule has 0 fully saturated rings. The van der Waals surface area contributed by atoms with Gasteiger partial charge in [0.1, 0.15) is 0 Å². The van der Waals surface area contributed by atoms with Crippen molar-refractivity contribution in [3.8, 4) is 0 Å². The maximum Gasteiger partial charge on any atom is 0.256 e. The number of benzene rings is 1. The highest BCUT2D eigenvalue weighted by Crippen LogP contribution is 2.21. The summed E-state index contributed by atoms with van der Waals surface area (Å²) in [4.78, 5) is 23.4. The van der Waals surface area contributed by atoms with Crippen LogP contribution in [0.5, 0.6) is 0 Å². The Morgan fingerprint density at radius 1 is 1.33 bits per heavy atom. The van der Waals surface area contributed by atoms with Gasteiger partial charge in [0.25, 0.3) is 5.91 Å². The molecule has 0 heterocycles. The predicted octanol–water partition coefficient (Wildman–Crippen LogP) is 2.95. The lowest BCUT2D eigenvalue weighted by Crippen LogP contribution is -2.27. The van der Waals surface area contributed by atoms with Crippen molar-refractivity contribution in [1.29, 1.82) is 0 Å². The van der Waals surface area contributed by atoms with E-state index >= 15 is 0 Å². The zero-order valence-electron chi connectivity index (χ0n) is 10.1. The van der Waals surface area contributed by atoms with Crippen molar-refractivity contribution in [2.24, 2.45) is 5.92 Å². The van der Waals surface area contributed by atoms with Gasteiger partial charge in [0.2, 0.25) is 0 Å². The molecule has 1 amide bonds. The Kier molecular flexibility index (Phi) is 3.82. The quantitative estimate of drug-likeness (QED) is 0.892. The summed E-state index contributed by atoms with van der Waals surface area (Å²) in [5.41, 5.74) is 1.09. The van der Waals surface area contributed by atoms with Gasteiger partial charge < -0.3 is 5.32 Å². The minimum Gasteiger partial charge on any atom is -0.326 e. The minimum absolute atomic E-state index is 0.0585. The van der Waals surface area contributed by atoms with Crippen LogP contribution in [0.15, 0.2) is 36.0 Å². The van der Waals surface area contributed by atoms with Crippen molar-refractivity contribution < 1.29 is 9.59 Å². The molecule has 1 aliphatic rings. The van der Waals surface area contributed by atoms with E-state index in [0.29, 0.717) is 29.1 Å². The van der Waals surface area contributed by atoms with Gasteiger partial charge >= 0.3 is 0 Å². The van der Waals surface area contributed by atoms with Gasteiger partial charge in [-0.2, -0.15) is 0 Å². The number of amides is 1. The highest BCUT2D eigenvalue weighted by molar-refractivity contribution is 6.33. The van der Waals surface area contributed by atoms with Crippen molar-refractivity contribution in [1.82, 2.24) is 5.32 Å². The van der Waals surface area contributed by atoms with E-state index in [9.17, 15) is 9.59 Å². The molecular weight excluding hydrogens is 250 g/mol. The molecule has 4 heteroatoms. The first-order valence-electron chi connectivity index (χ1n) is 5.85. The van der Waals surface area contributed by atoms with Gasteiger partial charge in [-0.1, -0.05) is 30.7 Å². The lowest BCUT2D eigenvalue weighted by Gasteiger charge is -2.19. The van der Waals surface area contributed by atoms with Crippen LogP contribution in [0.1, 0.15) is 30.1 Å². The van der Waals surface area contributed by atoms with Crippen LogP contribution < -0.4 is 5.32 Å². The van der Waals surface area contributed by atoms with Gasteiger partial charge in [-0.3, -0.25) is 9.59 Å². The molecule has 0 saturated carbocycles. The van der Waals surface area contributed by atoms with Crippen molar-refractivity contribution >= 4 is 23.3 Å². The number of nitrogens with one attached hydrogen (secondary N) is 1. The Labute approximate surface area is 111 Å². The Balaban J connectivity index is 2.13. The first-order valence-corrected chi connectivity index (χ1v) is 6.23. The normalized spacial score (nSPS) is 19.3. The molecule has 0 radical (unpaired) electrons. The van der Waals surface area contributed by atoms with E-state index in [1.807, 2.05) is 6.92 Å². The summed E-state index contributed by atoms with van der Waals surface area (Å²) in [6.07, 6.45) is 2.77. The van der Waals surface area contributed by atoms with E-state index < -0.39 is 0 Å². The Morgan fingerprint density at radius 2 is 2.06 bits per heavy atom.